The number of halogens is 1. The molecular formula is C20H24ClNO2S. The minimum absolute atomic E-state index is 0.0395. The van der Waals surface area contributed by atoms with Crippen molar-refractivity contribution in [3.8, 4) is 5.75 Å². The van der Waals surface area contributed by atoms with E-state index < -0.39 is 0 Å². The molecule has 25 heavy (non-hydrogen) atoms. The van der Waals surface area contributed by atoms with Crippen molar-refractivity contribution >= 4 is 28.8 Å². The molecule has 134 valence electrons. The summed E-state index contributed by atoms with van der Waals surface area (Å²) in [6.45, 7) is 4.65. The molecule has 0 saturated heterocycles. The van der Waals surface area contributed by atoms with Gasteiger partial charge in [0.25, 0.3) is 5.91 Å². The third kappa shape index (κ3) is 4.77. The fourth-order valence-electron chi connectivity index (χ4n) is 3.28. The van der Waals surface area contributed by atoms with Gasteiger partial charge in [0.1, 0.15) is 12.4 Å². The molecule has 2 unspecified atom stereocenters. The van der Waals surface area contributed by atoms with Gasteiger partial charge in [0.15, 0.2) is 0 Å². The summed E-state index contributed by atoms with van der Waals surface area (Å²) < 4.78 is 5.85. The van der Waals surface area contributed by atoms with E-state index >= 15 is 0 Å². The van der Waals surface area contributed by atoms with Crippen molar-refractivity contribution in [1.82, 2.24) is 5.32 Å². The molecule has 1 N–H and O–H groups in total. The van der Waals surface area contributed by atoms with Crippen LogP contribution in [0.25, 0.3) is 0 Å². The SMILES string of the molecule is Cc1cc(Cl)ccc1OCc1csc(C(=O)NC2CCCCC2C)c1. The number of thiophene rings is 1. The van der Waals surface area contributed by atoms with Gasteiger partial charge in [-0.15, -0.1) is 11.3 Å². The number of carbonyl (C=O) groups is 1. The average molecular weight is 378 g/mol. The molecule has 0 aliphatic heterocycles. The van der Waals surface area contributed by atoms with E-state index in [1.807, 2.05) is 36.6 Å². The van der Waals surface area contributed by atoms with Crippen LogP contribution in [0.3, 0.4) is 0 Å². The van der Waals surface area contributed by atoms with E-state index in [1.54, 1.807) is 0 Å². The summed E-state index contributed by atoms with van der Waals surface area (Å²) in [7, 11) is 0. The van der Waals surface area contributed by atoms with Gasteiger partial charge in [-0.25, -0.2) is 0 Å². The van der Waals surface area contributed by atoms with Gasteiger partial charge in [-0.2, -0.15) is 0 Å². The van der Waals surface area contributed by atoms with Crippen LogP contribution in [-0.4, -0.2) is 11.9 Å². The molecule has 2 atom stereocenters. The standard InChI is InChI=1S/C20H24ClNO2S/c1-13-5-3-4-6-17(13)22-20(23)19-10-15(12-25-19)11-24-18-8-7-16(21)9-14(18)2/h7-10,12-13,17H,3-6,11H2,1-2H3,(H,22,23). The Morgan fingerprint density at radius 3 is 2.88 bits per heavy atom. The molecule has 2 aromatic rings. The first-order valence-corrected chi connectivity index (χ1v) is 10.1. The van der Waals surface area contributed by atoms with Gasteiger partial charge in [-0.1, -0.05) is 31.4 Å². The molecule has 3 rings (SSSR count). The number of aryl methyl sites for hydroxylation is 1. The molecule has 0 bridgehead atoms. The predicted molar refractivity (Wildman–Crippen MR) is 104 cm³/mol. The van der Waals surface area contributed by atoms with Crippen molar-refractivity contribution in [2.24, 2.45) is 5.92 Å². The molecule has 3 nitrogen and oxygen atoms in total. The highest BCUT2D eigenvalue weighted by Crippen LogP contribution is 2.26. The predicted octanol–water partition coefficient (Wildman–Crippen LogP) is 5.60. The summed E-state index contributed by atoms with van der Waals surface area (Å²) in [5.74, 6) is 1.42. The number of hydrogen-bond donors (Lipinski definition) is 1. The Morgan fingerprint density at radius 1 is 1.32 bits per heavy atom. The largest absolute Gasteiger partial charge is 0.489 e. The van der Waals surface area contributed by atoms with Crippen LogP contribution in [0.4, 0.5) is 0 Å². The molecule has 1 aromatic carbocycles. The van der Waals surface area contributed by atoms with Crippen molar-refractivity contribution in [2.75, 3.05) is 0 Å². The molecule has 0 spiro atoms. The smallest absolute Gasteiger partial charge is 0.261 e. The summed E-state index contributed by atoms with van der Waals surface area (Å²) in [6.07, 6.45) is 4.77. The van der Waals surface area contributed by atoms with E-state index in [2.05, 4.69) is 12.2 Å². The Labute approximate surface area is 158 Å². The van der Waals surface area contributed by atoms with Crippen LogP contribution in [0.2, 0.25) is 5.02 Å². The Hall–Kier alpha value is -1.52. The van der Waals surface area contributed by atoms with E-state index in [1.165, 1.54) is 30.6 Å². The molecule has 1 heterocycles. The van der Waals surface area contributed by atoms with Crippen LogP contribution < -0.4 is 10.1 Å². The van der Waals surface area contributed by atoms with Crippen molar-refractivity contribution in [1.29, 1.82) is 0 Å². The number of nitrogens with one attached hydrogen (secondary N) is 1. The number of carbonyl (C=O) groups excluding carboxylic acids is 1. The molecule has 1 fully saturated rings. The minimum atomic E-state index is 0.0395. The van der Waals surface area contributed by atoms with Gasteiger partial charge in [-0.05, 0) is 60.9 Å². The fraction of sp³-hybridized carbons (Fsp3) is 0.450. The Kier molecular flexibility index (Phi) is 6.02. The zero-order valence-corrected chi connectivity index (χ0v) is 16.3. The monoisotopic (exact) mass is 377 g/mol. The number of hydrogen-bond acceptors (Lipinski definition) is 3. The quantitative estimate of drug-likeness (QED) is 0.736. The Morgan fingerprint density at radius 2 is 2.12 bits per heavy atom. The third-order valence-electron chi connectivity index (χ3n) is 4.84. The Balaban J connectivity index is 1.57. The average Bonchev–Trinajstić information content (AvgIpc) is 3.05. The van der Waals surface area contributed by atoms with Gasteiger partial charge in [-0.3, -0.25) is 4.79 Å². The van der Waals surface area contributed by atoms with Gasteiger partial charge in [0.05, 0.1) is 4.88 Å². The summed E-state index contributed by atoms with van der Waals surface area (Å²) in [6, 6.07) is 7.82. The summed E-state index contributed by atoms with van der Waals surface area (Å²) in [4.78, 5) is 13.2. The van der Waals surface area contributed by atoms with E-state index in [0.717, 1.165) is 28.2 Å². The van der Waals surface area contributed by atoms with Gasteiger partial charge in [0, 0.05) is 16.6 Å². The third-order valence-corrected chi connectivity index (χ3v) is 6.05. The number of ether oxygens (including phenoxy) is 1. The highest BCUT2D eigenvalue weighted by atomic mass is 35.5. The van der Waals surface area contributed by atoms with Crippen molar-refractivity contribution in [3.63, 3.8) is 0 Å². The summed E-state index contributed by atoms with van der Waals surface area (Å²) in [5, 5.41) is 5.90. The maximum absolute atomic E-state index is 12.5. The van der Waals surface area contributed by atoms with Crippen molar-refractivity contribution < 1.29 is 9.53 Å². The van der Waals surface area contributed by atoms with E-state index in [4.69, 9.17) is 16.3 Å². The maximum atomic E-state index is 12.5. The van der Waals surface area contributed by atoms with Crippen LogP contribution in [0.1, 0.15) is 53.4 Å². The normalized spacial score (nSPS) is 20.3. The second kappa shape index (κ2) is 8.24. The highest BCUT2D eigenvalue weighted by Gasteiger charge is 2.23. The summed E-state index contributed by atoms with van der Waals surface area (Å²) >= 11 is 7.44. The first-order chi connectivity index (χ1) is 12.0. The maximum Gasteiger partial charge on any atom is 0.261 e. The zero-order chi connectivity index (χ0) is 17.8. The fourth-order valence-corrected chi connectivity index (χ4v) is 4.30. The Bertz CT molecular complexity index is 743. The molecule has 1 amide bonds. The lowest BCUT2D eigenvalue weighted by Gasteiger charge is -2.29. The van der Waals surface area contributed by atoms with Crippen LogP contribution in [0.15, 0.2) is 29.6 Å². The van der Waals surface area contributed by atoms with Gasteiger partial charge in [0.2, 0.25) is 0 Å². The van der Waals surface area contributed by atoms with Crippen molar-refractivity contribution in [3.05, 3.63) is 50.7 Å². The molecule has 1 aliphatic rings. The van der Waals surface area contributed by atoms with Crippen LogP contribution in [0.5, 0.6) is 5.75 Å². The second-order valence-corrected chi connectivity index (χ2v) is 8.21. The van der Waals surface area contributed by atoms with Crippen LogP contribution >= 0.6 is 22.9 Å². The molecular weight excluding hydrogens is 354 g/mol. The van der Waals surface area contributed by atoms with Crippen LogP contribution in [-0.2, 0) is 6.61 Å². The van der Waals surface area contributed by atoms with E-state index in [-0.39, 0.29) is 5.91 Å². The molecule has 0 radical (unpaired) electrons. The first kappa shape index (κ1) is 18.3. The van der Waals surface area contributed by atoms with Crippen molar-refractivity contribution in [2.45, 2.75) is 52.2 Å². The van der Waals surface area contributed by atoms with Gasteiger partial charge < -0.3 is 10.1 Å². The molecule has 1 aliphatic carbocycles. The number of rotatable bonds is 5. The van der Waals surface area contributed by atoms with E-state index in [0.29, 0.717) is 23.6 Å². The molecule has 1 aromatic heterocycles. The van der Waals surface area contributed by atoms with E-state index in [9.17, 15) is 4.79 Å². The highest BCUT2D eigenvalue weighted by molar-refractivity contribution is 7.12. The lowest BCUT2D eigenvalue weighted by Crippen LogP contribution is -2.40. The topological polar surface area (TPSA) is 38.3 Å². The van der Waals surface area contributed by atoms with Gasteiger partial charge >= 0.3 is 0 Å². The number of amides is 1. The first-order valence-electron chi connectivity index (χ1n) is 8.80. The summed E-state index contributed by atoms with van der Waals surface area (Å²) in [5.41, 5.74) is 2.02. The zero-order valence-electron chi connectivity index (χ0n) is 14.7. The lowest BCUT2D eigenvalue weighted by atomic mass is 9.86. The minimum Gasteiger partial charge on any atom is -0.489 e. The lowest BCUT2D eigenvalue weighted by molar-refractivity contribution is 0.0914. The number of benzene rings is 1. The molecule has 1 saturated carbocycles. The molecule has 5 heteroatoms. The second-order valence-electron chi connectivity index (χ2n) is 6.86. The van der Waals surface area contributed by atoms with Crippen LogP contribution in [0, 0.1) is 12.8 Å².